The summed E-state index contributed by atoms with van der Waals surface area (Å²) in [6.07, 6.45) is 4.55. The number of hydrogen-bond donors (Lipinski definition) is 2. The molecule has 0 aromatic carbocycles. The first-order valence-electron chi connectivity index (χ1n) is 2.78. The maximum Gasteiger partial charge on any atom is 0.158 e. The van der Waals surface area contributed by atoms with Crippen molar-refractivity contribution in [3.05, 3.63) is 23.9 Å². The van der Waals surface area contributed by atoms with Crippen LogP contribution in [0.3, 0.4) is 0 Å². The predicted octanol–water partition coefficient (Wildman–Crippen LogP) is 0.910. The first-order valence-corrected chi connectivity index (χ1v) is 2.78. The van der Waals surface area contributed by atoms with Gasteiger partial charge < -0.3 is 5.32 Å². The Hall–Kier alpha value is -1.63. The van der Waals surface area contributed by atoms with Gasteiger partial charge in [-0.15, -0.1) is 0 Å². The summed E-state index contributed by atoms with van der Waals surface area (Å²) in [5.41, 5.74) is 7.17. The van der Waals surface area contributed by atoms with Crippen LogP contribution in [-0.2, 0) is 0 Å². The largest absolute Gasteiger partial charge is 0.364 e. The third-order valence-corrected chi connectivity index (χ3v) is 1.14. The zero-order valence-electron chi connectivity index (χ0n) is 5.20. The van der Waals surface area contributed by atoms with E-state index >= 15 is 0 Å². The van der Waals surface area contributed by atoms with E-state index in [4.69, 9.17) is 10.8 Å². The second kappa shape index (κ2) is 2.78. The average molecular weight is 134 g/mol. The van der Waals surface area contributed by atoms with Crippen LogP contribution in [0.5, 0.6) is 0 Å². The van der Waals surface area contributed by atoms with Crippen LogP contribution in [0.1, 0.15) is 0 Å². The summed E-state index contributed by atoms with van der Waals surface area (Å²) in [6, 6.07) is 1.96. The van der Waals surface area contributed by atoms with Gasteiger partial charge in [-0.05, 0) is 12.2 Å². The normalized spacial score (nSPS) is 22.3. The standard InChI is InChI=1S/C6H6N4/c7-3-5-1-2-6(10-8)9-4-5/h1-2,4,6,8-9H. The molecule has 0 amide bonds. The van der Waals surface area contributed by atoms with E-state index < -0.39 is 0 Å². The van der Waals surface area contributed by atoms with E-state index in [0.717, 1.165) is 0 Å². The van der Waals surface area contributed by atoms with Crippen LogP contribution in [0.25, 0.3) is 0 Å². The molecule has 0 saturated heterocycles. The number of hydrogen-bond acceptors (Lipinski definition) is 4. The Balaban J connectivity index is 2.65. The second-order valence-electron chi connectivity index (χ2n) is 1.81. The lowest BCUT2D eigenvalue weighted by molar-refractivity contribution is 0.670. The highest BCUT2D eigenvalue weighted by molar-refractivity contribution is 5.35. The Morgan fingerprint density at radius 2 is 2.60 bits per heavy atom. The number of rotatable bonds is 1. The molecule has 50 valence electrons. The zero-order valence-corrected chi connectivity index (χ0v) is 5.20. The molecule has 1 atom stereocenters. The van der Waals surface area contributed by atoms with Crippen molar-refractivity contribution >= 4 is 0 Å². The molecule has 1 aliphatic rings. The summed E-state index contributed by atoms with van der Waals surface area (Å²) in [5, 5.41) is 14.3. The second-order valence-corrected chi connectivity index (χ2v) is 1.81. The summed E-state index contributed by atoms with van der Waals surface area (Å²) in [6.45, 7) is 0. The first-order chi connectivity index (χ1) is 4.86. The van der Waals surface area contributed by atoms with Gasteiger partial charge in [-0.25, -0.2) is 5.53 Å². The smallest absolute Gasteiger partial charge is 0.158 e. The SMILES string of the molecule is N#CC1=CNC(N=N)C=C1. The van der Waals surface area contributed by atoms with Gasteiger partial charge in [0.05, 0.1) is 5.57 Å². The molecule has 0 aromatic heterocycles. The Bertz CT molecular complexity index is 233. The van der Waals surface area contributed by atoms with Gasteiger partial charge in [0.1, 0.15) is 6.07 Å². The van der Waals surface area contributed by atoms with Crippen molar-refractivity contribution in [1.29, 1.82) is 10.8 Å². The minimum Gasteiger partial charge on any atom is -0.364 e. The molecule has 1 heterocycles. The van der Waals surface area contributed by atoms with Crippen LogP contribution in [-0.4, -0.2) is 6.17 Å². The zero-order chi connectivity index (χ0) is 7.40. The fourth-order valence-corrected chi connectivity index (χ4v) is 0.623. The molecular weight excluding hydrogens is 128 g/mol. The molecule has 4 nitrogen and oxygen atoms in total. The Labute approximate surface area is 58.4 Å². The van der Waals surface area contributed by atoms with Crippen molar-refractivity contribution in [3.63, 3.8) is 0 Å². The molecular formula is C6H6N4. The molecule has 1 rings (SSSR count). The van der Waals surface area contributed by atoms with Gasteiger partial charge in [-0.3, -0.25) is 0 Å². The van der Waals surface area contributed by atoms with E-state index in [-0.39, 0.29) is 6.17 Å². The van der Waals surface area contributed by atoms with Crippen molar-refractivity contribution < 1.29 is 0 Å². The summed E-state index contributed by atoms with van der Waals surface area (Å²) < 4.78 is 0. The lowest BCUT2D eigenvalue weighted by Crippen LogP contribution is -2.21. The Morgan fingerprint density at radius 3 is 3.00 bits per heavy atom. The van der Waals surface area contributed by atoms with Crippen LogP contribution in [0.2, 0.25) is 0 Å². The monoisotopic (exact) mass is 134 g/mol. The molecule has 0 aromatic rings. The summed E-state index contributed by atoms with van der Waals surface area (Å²) >= 11 is 0. The van der Waals surface area contributed by atoms with E-state index in [2.05, 4.69) is 10.4 Å². The molecule has 4 heteroatoms. The number of nitrogens with one attached hydrogen (secondary N) is 2. The molecule has 1 unspecified atom stereocenters. The summed E-state index contributed by atoms with van der Waals surface area (Å²) in [5.74, 6) is 0. The topological polar surface area (TPSA) is 72.0 Å². The van der Waals surface area contributed by atoms with Crippen LogP contribution >= 0.6 is 0 Å². The third kappa shape index (κ3) is 1.20. The Kier molecular flexibility index (Phi) is 1.80. The Morgan fingerprint density at radius 1 is 1.80 bits per heavy atom. The molecule has 0 spiro atoms. The van der Waals surface area contributed by atoms with Crippen molar-refractivity contribution in [2.24, 2.45) is 5.11 Å². The van der Waals surface area contributed by atoms with Crippen LogP contribution in [0.15, 0.2) is 29.0 Å². The molecule has 0 saturated carbocycles. The summed E-state index contributed by atoms with van der Waals surface area (Å²) in [4.78, 5) is 0. The number of nitriles is 1. The number of nitrogens with zero attached hydrogens (tertiary/aromatic N) is 2. The van der Waals surface area contributed by atoms with Crippen LogP contribution < -0.4 is 5.32 Å². The molecule has 10 heavy (non-hydrogen) atoms. The maximum absolute atomic E-state index is 8.36. The highest BCUT2D eigenvalue weighted by Gasteiger charge is 2.02. The van der Waals surface area contributed by atoms with Gasteiger partial charge >= 0.3 is 0 Å². The van der Waals surface area contributed by atoms with E-state index in [1.807, 2.05) is 6.07 Å². The third-order valence-electron chi connectivity index (χ3n) is 1.14. The highest BCUT2D eigenvalue weighted by Crippen LogP contribution is 2.02. The lowest BCUT2D eigenvalue weighted by atomic mass is 10.2. The van der Waals surface area contributed by atoms with Gasteiger partial charge in [0.2, 0.25) is 0 Å². The summed E-state index contributed by atoms with van der Waals surface area (Å²) in [7, 11) is 0. The van der Waals surface area contributed by atoms with E-state index in [1.54, 1.807) is 18.4 Å². The van der Waals surface area contributed by atoms with Crippen LogP contribution in [0, 0.1) is 16.9 Å². The number of allylic oxidation sites excluding steroid dienone is 2. The minimum atomic E-state index is -0.294. The average Bonchev–Trinajstić information content (AvgIpc) is 2.05. The molecule has 0 aliphatic carbocycles. The maximum atomic E-state index is 8.36. The molecule has 1 aliphatic heterocycles. The highest BCUT2D eigenvalue weighted by atomic mass is 15.1. The molecule has 0 bridgehead atoms. The van der Waals surface area contributed by atoms with Crippen molar-refractivity contribution in [3.8, 4) is 6.07 Å². The van der Waals surface area contributed by atoms with Crippen molar-refractivity contribution in [2.75, 3.05) is 0 Å². The molecule has 0 radical (unpaired) electrons. The predicted molar refractivity (Wildman–Crippen MR) is 34.9 cm³/mol. The van der Waals surface area contributed by atoms with Gasteiger partial charge in [0.25, 0.3) is 0 Å². The molecule has 0 fully saturated rings. The quantitative estimate of drug-likeness (QED) is 0.523. The van der Waals surface area contributed by atoms with E-state index in [9.17, 15) is 0 Å². The molecule has 2 N–H and O–H groups in total. The van der Waals surface area contributed by atoms with Gasteiger partial charge in [-0.1, -0.05) is 0 Å². The van der Waals surface area contributed by atoms with Gasteiger partial charge in [0.15, 0.2) is 6.17 Å². The van der Waals surface area contributed by atoms with Crippen molar-refractivity contribution in [2.45, 2.75) is 6.17 Å². The van der Waals surface area contributed by atoms with Crippen LogP contribution in [0.4, 0.5) is 0 Å². The van der Waals surface area contributed by atoms with Crippen molar-refractivity contribution in [1.82, 2.24) is 5.32 Å². The number of dihydropyridines is 1. The van der Waals surface area contributed by atoms with E-state index in [1.165, 1.54) is 0 Å². The van der Waals surface area contributed by atoms with Gasteiger partial charge in [-0.2, -0.15) is 10.4 Å². The van der Waals surface area contributed by atoms with E-state index in [0.29, 0.717) is 5.57 Å². The fraction of sp³-hybridized carbons (Fsp3) is 0.167. The fourth-order valence-electron chi connectivity index (χ4n) is 0.623. The first kappa shape index (κ1) is 6.49. The minimum absolute atomic E-state index is 0.294. The van der Waals surface area contributed by atoms with Gasteiger partial charge in [0, 0.05) is 6.20 Å². The lowest BCUT2D eigenvalue weighted by Gasteiger charge is -2.08.